The van der Waals surface area contributed by atoms with Crippen molar-refractivity contribution in [3.05, 3.63) is 54.1 Å². The van der Waals surface area contributed by atoms with Gasteiger partial charge in [0.15, 0.2) is 6.29 Å². The predicted octanol–water partition coefficient (Wildman–Crippen LogP) is 4.60. The molecule has 0 saturated heterocycles. The average molecular weight is 415 g/mol. The molecular formula is C23H30N2O5. The van der Waals surface area contributed by atoms with Crippen LogP contribution in [0.15, 0.2) is 48.5 Å². The van der Waals surface area contributed by atoms with Crippen LogP contribution in [-0.4, -0.2) is 39.1 Å². The zero-order chi connectivity index (χ0) is 22.3. The minimum atomic E-state index is -0.615. The third kappa shape index (κ3) is 6.57. The molecule has 162 valence electrons. The highest BCUT2D eigenvalue weighted by Crippen LogP contribution is 2.23. The Bertz CT molecular complexity index is 872. The molecule has 0 aromatic heterocycles. The number of ether oxygens (including phenoxy) is 3. The Labute approximate surface area is 177 Å². The van der Waals surface area contributed by atoms with Gasteiger partial charge in [0.2, 0.25) is 5.91 Å². The number of benzene rings is 2. The van der Waals surface area contributed by atoms with Crippen molar-refractivity contribution in [3.8, 4) is 5.75 Å². The van der Waals surface area contributed by atoms with Gasteiger partial charge in [-0.15, -0.1) is 0 Å². The molecule has 0 aliphatic carbocycles. The molecule has 2 rings (SSSR count). The standard InChI is InChI=1S/C23H30N2O5/c1-16-9-7-11-18(13-16)25(15-20(28-5)29-6)22(27)30-19-12-8-10-17(14-19)24-21(26)23(2,3)4/h7-14,20H,15H2,1-6H3,(H,24,26). The van der Waals surface area contributed by atoms with Gasteiger partial charge >= 0.3 is 6.09 Å². The molecule has 0 spiro atoms. The van der Waals surface area contributed by atoms with Crippen molar-refractivity contribution in [3.63, 3.8) is 0 Å². The maximum Gasteiger partial charge on any atom is 0.419 e. The molecule has 2 amide bonds. The van der Waals surface area contributed by atoms with Crippen molar-refractivity contribution < 1.29 is 23.8 Å². The monoisotopic (exact) mass is 414 g/mol. The lowest BCUT2D eigenvalue weighted by Crippen LogP contribution is -2.40. The van der Waals surface area contributed by atoms with E-state index in [1.54, 1.807) is 24.3 Å². The van der Waals surface area contributed by atoms with E-state index in [1.807, 2.05) is 52.0 Å². The maximum absolute atomic E-state index is 13.0. The van der Waals surface area contributed by atoms with Crippen molar-refractivity contribution in [2.45, 2.75) is 34.0 Å². The van der Waals surface area contributed by atoms with Gasteiger partial charge in [-0.25, -0.2) is 4.79 Å². The summed E-state index contributed by atoms with van der Waals surface area (Å²) in [5.74, 6) is 0.186. The molecule has 0 bridgehead atoms. The minimum absolute atomic E-state index is 0.129. The average Bonchev–Trinajstić information content (AvgIpc) is 2.68. The predicted molar refractivity (Wildman–Crippen MR) is 117 cm³/mol. The van der Waals surface area contributed by atoms with E-state index in [0.717, 1.165) is 5.56 Å². The first-order valence-electron chi connectivity index (χ1n) is 9.67. The fraction of sp³-hybridized carbons (Fsp3) is 0.391. The van der Waals surface area contributed by atoms with Crippen LogP contribution in [0.3, 0.4) is 0 Å². The zero-order valence-electron chi connectivity index (χ0n) is 18.4. The number of carbonyl (C=O) groups is 2. The molecule has 0 radical (unpaired) electrons. The first-order chi connectivity index (χ1) is 14.1. The van der Waals surface area contributed by atoms with Crippen molar-refractivity contribution in [1.29, 1.82) is 0 Å². The Morgan fingerprint density at radius 2 is 1.70 bits per heavy atom. The number of anilines is 2. The summed E-state index contributed by atoms with van der Waals surface area (Å²) in [6.07, 6.45) is -1.20. The number of nitrogens with one attached hydrogen (secondary N) is 1. The molecule has 0 fully saturated rings. The second-order valence-corrected chi connectivity index (χ2v) is 7.95. The number of rotatable bonds is 7. The Balaban J connectivity index is 2.22. The summed E-state index contributed by atoms with van der Waals surface area (Å²) in [6.45, 7) is 7.57. The van der Waals surface area contributed by atoms with Gasteiger partial charge in [-0.3, -0.25) is 9.69 Å². The van der Waals surface area contributed by atoms with E-state index in [9.17, 15) is 9.59 Å². The van der Waals surface area contributed by atoms with E-state index in [2.05, 4.69) is 5.32 Å². The van der Waals surface area contributed by atoms with Gasteiger partial charge in [-0.2, -0.15) is 0 Å². The van der Waals surface area contributed by atoms with Crippen molar-refractivity contribution in [1.82, 2.24) is 0 Å². The number of methoxy groups -OCH3 is 2. The molecule has 2 aromatic carbocycles. The van der Waals surface area contributed by atoms with Crippen LogP contribution in [0.5, 0.6) is 5.75 Å². The van der Waals surface area contributed by atoms with E-state index in [4.69, 9.17) is 14.2 Å². The number of carbonyl (C=O) groups excluding carboxylic acids is 2. The fourth-order valence-corrected chi connectivity index (χ4v) is 2.59. The van der Waals surface area contributed by atoms with Gasteiger partial charge in [0.05, 0.1) is 6.54 Å². The van der Waals surface area contributed by atoms with Crippen molar-refractivity contribution in [2.75, 3.05) is 31.0 Å². The molecule has 0 aliphatic rings. The van der Waals surface area contributed by atoms with Crippen LogP contribution in [0.1, 0.15) is 26.3 Å². The normalized spacial score (nSPS) is 11.3. The first-order valence-corrected chi connectivity index (χ1v) is 9.67. The number of hydrogen-bond acceptors (Lipinski definition) is 5. The lowest BCUT2D eigenvalue weighted by Gasteiger charge is -2.26. The molecule has 30 heavy (non-hydrogen) atoms. The van der Waals surface area contributed by atoms with Crippen LogP contribution in [0.25, 0.3) is 0 Å². The minimum Gasteiger partial charge on any atom is -0.410 e. The summed E-state index contributed by atoms with van der Waals surface area (Å²) in [6, 6.07) is 14.2. The number of hydrogen-bond donors (Lipinski definition) is 1. The number of nitrogens with zero attached hydrogens (tertiary/aromatic N) is 1. The summed E-state index contributed by atoms with van der Waals surface area (Å²) in [7, 11) is 3.02. The first kappa shape index (κ1) is 23.4. The molecule has 7 heteroatoms. The Hall–Kier alpha value is -2.90. The highest BCUT2D eigenvalue weighted by molar-refractivity contribution is 5.95. The third-order valence-corrected chi connectivity index (χ3v) is 4.37. The summed E-state index contributed by atoms with van der Waals surface area (Å²) in [5.41, 5.74) is 1.68. The van der Waals surface area contributed by atoms with Gasteiger partial charge in [0, 0.05) is 37.1 Å². The lowest BCUT2D eigenvalue weighted by molar-refractivity contribution is -0.123. The van der Waals surface area contributed by atoms with Gasteiger partial charge < -0.3 is 19.5 Å². The van der Waals surface area contributed by atoms with Gasteiger partial charge in [-0.05, 0) is 36.8 Å². The molecule has 7 nitrogen and oxygen atoms in total. The number of aryl methyl sites for hydroxylation is 1. The maximum atomic E-state index is 13.0. The fourth-order valence-electron chi connectivity index (χ4n) is 2.59. The molecule has 0 atom stereocenters. The van der Waals surface area contributed by atoms with Crippen molar-refractivity contribution >= 4 is 23.4 Å². The van der Waals surface area contributed by atoms with Crippen molar-refractivity contribution in [2.24, 2.45) is 5.41 Å². The molecular weight excluding hydrogens is 384 g/mol. The summed E-state index contributed by atoms with van der Waals surface area (Å²) >= 11 is 0. The summed E-state index contributed by atoms with van der Waals surface area (Å²) < 4.78 is 16.1. The number of amides is 2. The summed E-state index contributed by atoms with van der Waals surface area (Å²) in [4.78, 5) is 26.7. The van der Waals surface area contributed by atoms with Crippen LogP contribution in [-0.2, 0) is 14.3 Å². The van der Waals surface area contributed by atoms with Crippen LogP contribution in [0, 0.1) is 12.3 Å². The van der Waals surface area contributed by atoms with Gasteiger partial charge in [-0.1, -0.05) is 39.0 Å². The SMILES string of the molecule is COC(CN(C(=O)Oc1cccc(NC(=O)C(C)(C)C)c1)c1cccc(C)c1)OC. The second-order valence-electron chi connectivity index (χ2n) is 7.95. The van der Waals surface area contributed by atoms with Crippen LogP contribution < -0.4 is 15.0 Å². The lowest BCUT2D eigenvalue weighted by atomic mass is 9.95. The molecule has 0 aliphatic heterocycles. The van der Waals surface area contributed by atoms with Crippen LogP contribution in [0.2, 0.25) is 0 Å². The third-order valence-electron chi connectivity index (χ3n) is 4.37. The second kappa shape index (κ2) is 10.2. The largest absolute Gasteiger partial charge is 0.419 e. The molecule has 0 unspecified atom stereocenters. The van der Waals surface area contributed by atoms with Crippen LogP contribution >= 0.6 is 0 Å². The molecule has 1 N–H and O–H groups in total. The quantitative estimate of drug-likeness (QED) is 0.670. The highest BCUT2D eigenvalue weighted by Gasteiger charge is 2.24. The highest BCUT2D eigenvalue weighted by atomic mass is 16.7. The van der Waals surface area contributed by atoms with Gasteiger partial charge in [0.25, 0.3) is 0 Å². The molecule has 0 saturated carbocycles. The zero-order valence-corrected chi connectivity index (χ0v) is 18.4. The van der Waals surface area contributed by atoms with Crippen LogP contribution in [0.4, 0.5) is 16.2 Å². The van der Waals surface area contributed by atoms with Gasteiger partial charge in [0.1, 0.15) is 5.75 Å². The Kier molecular flexibility index (Phi) is 7.97. The molecule has 2 aromatic rings. The van der Waals surface area contributed by atoms with E-state index < -0.39 is 17.8 Å². The molecule has 0 heterocycles. The smallest absolute Gasteiger partial charge is 0.410 e. The Morgan fingerprint density at radius 3 is 2.30 bits per heavy atom. The summed E-state index contributed by atoms with van der Waals surface area (Å²) in [5, 5.41) is 2.83. The van der Waals surface area contributed by atoms with E-state index in [0.29, 0.717) is 17.1 Å². The van der Waals surface area contributed by atoms with E-state index in [-0.39, 0.29) is 12.5 Å². The van der Waals surface area contributed by atoms with E-state index in [1.165, 1.54) is 19.1 Å². The topological polar surface area (TPSA) is 77.1 Å². The van der Waals surface area contributed by atoms with E-state index >= 15 is 0 Å². The Morgan fingerprint density at radius 1 is 1.03 bits per heavy atom.